The van der Waals surface area contributed by atoms with Crippen molar-refractivity contribution in [3.8, 4) is 11.5 Å². The number of rotatable bonds is 5. The average molecular weight is 358 g/mol. The zero-order chi connectivity index (χ0) is 18.4. The van der Waals surface area contributed by atoms with Gasteiger partial charge in [-0.05, 0) is 31.9 Å². The zero-order valence-electron chi connectivity index (χ0n) is 15.4. The zero-order valence-corrected chi connectivity index (χ0v) is 15.4. The van der Waals surface area contributed by atoms with Crippen LogP contribution in [0.5, 0.6) is 11.5 Å². The minimum Gasteiger partial charge on any atom is -0.493 e. The fourth-order valence-electron chi connectivity index (χ4n) is 3.03. The molecule has 0 spiro atoms. The summed E-state index contributed by atoms with van der Waals surface area (Å²) < 4.78 is 13.1. The molecule has 26 heavy (non-hydrogen) atoms. The minimum atomic E-state index is -0.0476. The number of methoxy groups -OCH3 is 1. The van der Waals surface area contributed by atoms with Crippen molar-refractivity contribution in [1.82, 2.24) is 20.0 Å². The molecule has 1 aliphatic rings. The van der Waals surface area contributed by atoms with Gasteiger partial charge in [0.15, 0.2) is 11.5 Å². The Morgan fingerprint density at radius 2 is 2.31 bits per heavy atom. The Morgan fingerprint density at radius 1 is 1.42 bits per heavy atom. The van der Waals surface area contributed by atoms with E-state index in [1.54, 1.807) is 13.3 Å². The lowest BCUT2D eigenvalue weighted by Crippen LogP contribution is -2.45. The Hall–Kier alpha value is -2.70. The van der Waals surface area contributed by atoms with E-state index >= 15 is 0 Å². The fourth-order valence-corrected chi connectivity index (χ4v) is 3.03. The van der Waals surface area contributed by atoms with E-state index in [2.05, 4.69) is 10.4 Å². The summed E-state index contributed by atoms with van der Waals surface area (Å²) in [6, 6.07) is 7.70. The van der Waals surface area contributed by atoms with Crippen molar-refractivity contribution >= 4 is 6.03 Å². The number of para-hydroxylation sites is 1. The largest absolute Gasteiger partial charge is 0.493 e. The third kappa shape index (κ3) is 4.47. The van der Waals surface area contributed by atoms with Crippen LogP contribution in [0.25, 0.3) is 0 Å². The van der Waals surface area contributed by atoms with E-state index in [-0.39, 0.29) is 12.1 Å². The smallest absolute Gasteiger partial charge is 0.317 e. The molecule has 1 aromatic carbocycles. The highest BCUT2D eigenvalue weighted by atomic mass is 16.5. The lowest BCUT2D eigenvalue weighted by atomic mass is 10.1. The molecule has 3 rings (SSSR count). The van der Waals surface area contributed by atoms with Gasteiger partial charge in [0.25, 0.3) is 0 Å². The quantitative estimate of drug-likeness (QED) is 0.892. The van der Waals surface area contributed by atoms with Crippen LogP contribution in [0.4, 0.5) is 4.79 Å². The van der Waals surface area contributed by atoms with Crippen molar-refractivity contribution in [2.75, 3.05) is 20.3 Å². The molecule has 0 aliphatic carbocycles. The summed E-state index contributed by atoms with van der Waals surface area (Å²) >= 11 is 0. The molecular weight excluding hydrogens is 332 g/mol. The molecule has 0 saturated carbocycles. The predicted octanol–water partition coefficient (Wildman–Crippen LogP) is 2.66. The highest BCUT2D eigenvalue weighted by Gasteiger charge is 2.21. The van der Waals surface area contributed by atoms with E-state index in [1.165, 1.54) is 0 Å². The molecule has 0 fully saturated rings. The highest BCUT2D eigenvalue weighted by molar-refractivity contribution is 5.74. The van der Waals surface area contributed by atoms with Gasteiger partial charge in [0.2, 0.25) is 0 Å². The summed E-state index contributed by atoms with van der Waals surface area (Å²) in [6.45, 7) is 4.53. The normalized spacial score (nSPS) is 15.2. The van der Waals surface area contributed by atoms with E-state index in [0.29, 0.717) is 25.4 Å². The van der Waals surface area contributed by atoms with Crippen molar-refractivity contribution in [1.29, 1.82) is 0 Å². The van der Waals surface area contributed by atoms with Crippen molar-refractivity contribution in [3.05, 3.63) is 42.2 Å². The Bertz CT molecular complexity index is 718. The van der Waals surface area contributed by atoms with Gasteiger partial charge in [-0.2, -0.15) is 5.10 Å². The molecule has 1 unspecified atom stereocenters. The van der Waals surface area contributed by atoms with Gasteiger partial charge in [-0.25, -0.2) is 4.79 Å². The maximum Gasteiger partial charge on any atom is 0.317 e. The van der Waals surface area contributed by atoms with Gasteiger partial charge in [0.05, 0.1) is 20.3 Å². The molecule has 2 amide bonds. The minimum absolute atomic E-state index is 0.0476. The Kier molecular flexibility index (Phi) is 5.99. The first-order valence-corrected chi connectivity index (χ1v) is 8.99. The number of hydrogen-bond acceptors (Lipinski definition) is 4. The van der Waals surface area contributed by atoms with Crippen LogP contribution < -0.4 is 14.8 Å². The number of fused-ring (bicyclic) bond motifs is 1. The molecule has 1 aromatic heterocycles. The number of benzene rings is 1. The number of carbonyl (C=O) groups excluding carboxylic acids is 1. The van der Waals surface area contributed by atoms with E-state index in [4.69, 9.17) is 9.47 Å². The first kappa shape index (κ1) is 18.1. The van der Waals surface area contributed by atoms with E-state index in [1.807, 2.05) is 47.0 Å². The van der Waals surface area contributed by atoms with Crippen LogP contribution in [-0.2, 0) is 13.1 Å². The van der Waals surface area contributed by atoms with Gasteiger partial charge < -0.3 is 19.7 Å². The van der Waals surface area contributed by atoms with Gasteiger partial charge >= 0.3 is 6.03 Å². The number of urea groups is 1. The van der Waals surface area contributed by atoms with Crippen LogP contribution in [-0.4, -0.2) is 47.0 Å². The second-order valence-corrected chi connectivity index (χ2v) is 6.48. The molecule has 0 bridgehead atoms. The molecular formula is C19H26N4O3. The summed E-state index contributed by atoms with van der Waals surface area (Å²) in [5, 5.41) is 7.28. The van der Waals surface area contributed by atoms with Gasteiger partial charge in [0, 0.05) is 37.1 Å². The van der Waals surface area contributed by atoms with Gasteiger partial charge in [-0.3, -0.25) is 4.68 Å². The molecule has 2 aromatic rings. The number of hydrogen-bond donors (Lipinski definition) is 1. The first-order valence-electron chi connectivity index (χ1n) is 8.99. The third-order valence-corrected chi connectivity index (χ3v) is 4.47. The molecule has 0 radical (unpaired) electrons. The molecule has 1 atom stereocenters. The number of carbonyl (C=O) groups is 1. The lowest BCUT2D eigenvalue weighted by Gasteiger charge is -2.28. The van der Waals surface area contributed by atoms with Crippen LogP contribution in [0.2, 0.25) is 0 Å². The molecule has 1 N–H and O–H groups in total. The van der Waals surface area contributed by atoms with E-state index in [0.717, 1.165) is 30.7 Å². The molecule has 7 nitrogen and oxygen atoms in total. The molecule has 7 heteroatoms. The van der Waals surface area contributed by atoms with Gasteiger partial charge in [0.1, 0.15) is 0 Å². The topological polar surface area (TPSA) is 68.6 Å². The standard InChI is InChI=1S/C19H26N4O3/c1-15(8-12-23-11-4-9-20-23)21-19(24)22-10-5-13-26-18-16(14-22)6-3-7-17(18)25-2/h3-4,6-7,9,11,15H,5,8,10,12-14H2,1-2H3,(H,21,24). The Labute approximate surface area is 153 Å². The maximum atomic E-state index is 12.7. The van der Waals surface area contributed by atoms with Gasteiger partial charge in [-0.15, -0.1) is 0 Å². The Balaban J connectivity index is 1.61. The van der Waals surface area contributed by atoms with Crippen molar-refractivity contribution in [2.45, 2.75) is 38.9 Å². The van der Waals surface area contributed by atoms with Crippen LogP contribution in [0.3, 0.4) is 0 Å². The summed E-state index contributed by atoms with van der Waals surface area (Å²) in [5.74, 6) is 1.44. The second-order valence-electron chi connectivity index (χ2n) is 6.48. The van der Waals surface area contributed by atoms with Crippen molar-refractivity contribution in [2.24, 2.45) is 0 Å². The summed E-state index contributed by atoms with van der Waals surface area (Å²) in [4.78, 5) is 14.6. The number of amides is 2. The van der Waals surface area contributed by atoms with E-state index < -0.39 is 0 Å². The second kappa shape index (κ2) is 8.60. The fraction of sp³-hybridized carbons (Fsp3) is 0.474. The predicted molar refractivity (Wildman–Crippen MR) is 98.4 cm³/mol. The maximum absolute atomic E-state index is 12.7. The van der Waals surface area contributed by atoms with E-state index in [9.17, 15) is 4.79 Å². The monoisotopic (exact) mass is 358 g/mol. The SMILES string of the molecule is COc1cccc2c1OCCCN(C(=O)NC(C)CCn1cccn1)C2. The van der Waals surface area contributed by atoms with Gasteiger partial charge in [-0.1, -0.05) is 12.1 Å². The van der Waals surface area contributed by atoms with Crippen molar-refractivity contribution < 1.29 is 14.3 Å². The summed E-state index contributed by atoms with van der Waals surface area (Å²) in [6.07, 6.45) is 5.30. The Morgan fingerprint density at radius 3 is 3.08 bits per heavy atom. The summed E-state index contributed by atoms with van der Waals surface area (Å²) in [5.41, 5.74) is 0.961. The number of ether oxygens (including phenoxy) is 2. The number of nitrogens with zero attached hydrogens (tertiary/aromatic N) is 3. The molecule has 140 valence electrons. The molecule has 1 aliphatic heterocycles. The molecule has 0 saturated heterocycles. The van der Waals surface area contributed by atoms with Crippen LogP contribution >= 0.6 is 0 Å². The summed E-state index contributed by atoms with van der Waals surface area (Å²) in [7, 11) is 1.63. The van der Waals surface area contributed by atoms with Crippen LogP contribution in [0.15, 0.2) is 36.7 Å². The highest BCUT2D eigenvalue weighted by Crippen LogP contribution is 2.33. The average Bonchev–Trinajstić information content (AvgIpc) is 3.13. The number of nitrogens with one attached hydrogen (secondary N) is 1. The first-order chi connectivity index (χ1) is 12.7. The van der Waals surface area contributed by atoms with Crippen LogP contribution in [0, 0.1) is 0 Å². The third-order valence-electron chi connectivity index (χ3n) is 4.47. The number of aromatic nitrogens is 2. The number of aryl methyl sites for hydroxylation is 1. The van der Waals surface area contributed by atoms with Crippen LogP contribution in [0.1, 0.15) is 25.3 Å². The lowest BCUT2D eigenvalue weighted by molar-refractivity contribution is 0.176. The van der Waals surface area contributed by atoms with Crippen molar-refractivity contribution in [3.63, 3.8) is 0 Å². The molecule has 2 heterocycles.